The summed E-state index contributed by atoms with van der Waals surface area (Å²) in [6.07, 6.45) is 0. The highest BCUT2D eigenvalue weighted by Gasteiger charge is 2.21. The van der Waals surface area contributed by atoms with E-state index in [-0.39, 0.29) is 11.7 Å². The van der Waals surface area contributed by atoms with Gasteiger partial charge in [-0.15, -0.1) is 10.2 Å². The van der Waals surface area contributed by atoms with E-state index in [1.807, 2.05) is 80.8 Å². The van der Waals surface area contributed by atoms with Crippen molar-refractivity contribution in [3.05, 3.63) is 54.1 Å². The third-order valence-corrected chi connectivity index (χ3v) is 4.99. The Hall–Kier alpha value is -2.80. The van der Waals surface area contributed by atoms with Crippen molar-refractivity contribution in [3.63, 3.8) is 0 Å². The predicted octanol–water partition coefficient (Wildman–Crippen LogP) is 4.69. The van der Waals surface area contributed by atoms with E-state index in [9.17, 15) is 4.79 Å². The molecule has 0 spiro atoms. The number of aromatic nitrogens is 3. The van der Waals surface area contributed by atoms with Crippen LogP contribution in [0.4, 0.5) is 0 Å². The Kier molecular flexibility index (Phi) is 6.27. The number of carbonyl (C=O) groups is 1. The van der Waals surface area contributed by atoms with Gasteiger partial charge in [0.2, 0.25) is 0 Å². The standard InChI is InChI=1S/C22H25N3O3S/c1-15-8-6-7-9-18(15)20-23-24-21(29-14-19(26)28-22(2,3)4)25(20)16-10-12-17(27-5)13-11-16/h6-13H,14H2,1-5H3. The minimum absolute atomic E-state index is 0.152. The molecular weight excluding hydrogens is 386 g/mol. The second-order valence-corrected chi connectivity index (χ2v) is 8.47. The van der Waals surface area contributed by atoms with Gasteiger partial charge in [-0.2, -0.15) is 0 Å². The molecule has 0 bridgehead atoms. The van der Waals surface area contributed by atoms with Gasteiger partial charge >= 0.3 is 5.97 Å². The molecule has 0 saturated heterocycles. The lowest BCUT2D eigenvalue weighted by Crippen LogP contribution is -2.25. The summed E-state index contributed by atoms with van der Waals surface area (Å²) in [4.78, 5) is 12.2. The van der Waals surface area contributed by atoms with Crippen LogP contribution in [0.1, 0.15) is 26.3 Å². The average Bonchev–Trinajstić information content (AvgIpc) is 3.09. The smallest absolute Gasteiger partial charge is 0.316 e. The lowest BCUT2D eigenvalue weighted by molar-refractivity contribution is -0.151. The zero-order valence-electron chi connectivity index (χ0n) is 17.3. The zero-order chi connectivity index (χ0) is 21.0. The van der Waals surface area contributed by atoms with E-state index in [1.165, 1.54) is 11.8 Å². The van der Waals surface area contributed by atoms with Gasteiger partial charge in [0.15, 0.2) is 11.0 Å². The van der Waals surface area contributed by atoms with E-state index < -0.39 is 5.60 Å². The third-order valence-electron chi connectivity index (χ3n) is 4.09. The summed E-state index contributed by atoms with van der Waals surface area (Å²) in [6, 6.07) is 15.7. The molecular formula is C22H25N3O3S. The molecule has 0 fully saturated rings. The Morgan fingerprint density at radius 2 is 1.76 bits per heavy atom. The van der Waals surface area contributed by atoms with Gasteiger partial charge in [0.1, 0.15) is 11.4 Å². The van der Waals surface area contributed by atoms with Crippen LogP contribution in [-0.4, -0.2) is 39.2 Å². The molecule has 3 rings (SSSR count). The second-order valence-electron chi connectivity index (χ2n) is 7.53. The largest absolute Gasteiger partial charge is 0.497 e. The molecule has 1 aromatic heterocycles. The number of carbonyl (C=O) groups excluding carboxylic acids is 1. The van der Waals surface area contributed by atoms with E-state index >= 15 is 0 Å². The predicted molar refractivity (Wildman–Crippen MR) is 115 cm³/mol. The normalized spacial score (nSPS) is 11.3. The number of ether oxygens (including phenoxy) is 2. The molecule has 0 unspecified atom stereocenters. The first kappa shape index (κ1) is 20.9. The van der Waals surface area contributed by atoms with Crippen molar-refractivity contribution in [1.82, 2.24) is 14.8 Å². The Balaban J connectivity index is 1.98. The van der Waals surface area contributed by atoms with Gasteiger partial charge in [-0.05, 0) is 57.5 Å². The van der Waals surface area contributed by atoms with Crippen molar-refractivity contribution < 1.29 is 14.3 Å². The van der Waals surface area contributed by atoms with Crippen LogP contribution >= 0.6 is 11.8 Å². The van der Waals surface area contributed by atoms with Gasteiger partial charge in [0.25, 0.3) is 0 Å². The maximum atomic E-state index is 12.2. The van der Waals surface area contributed by atoms with Gasteiger partial charge < -0.3 is 9.47 Å². The fraction of sp³-hybridized carbons (Fsp3) is 0.318. The maximum absolute atomic E-state index is 12.2. The Labute approximate surface area is 175 Å². The summed E-state index contributed by atoms with van der Waals surface area (Å²) in [5.41, 5.74) is 2.45. The molecule has 0 aliphatic rings. The van der Waals surface area contributed by atoms with Gasteiger partial charge in [-0.1, -0.05) is 36.0 Å². The minimum atomic E-state index is -0.520. The summed E-state index contributed by atoms with van der Waals surface area (Å²) in [5, 5.41) is 9.41. The first-order valence-electron chi connectivity index (χ1n) is 9.29. The molecule has 0 atom stereocenters. The van der Waals surface area contributed by atoms with Crippen molar-refractivity contribution in [2.24, 2.45) is 0 Å². The number of methoxy groups -OCH3 is 1. The number of thioether (sulfide) groups is 1. The number of nitrogens with zero attached hydrogens (tertiary/aromatic N) is 3. The molecule has 0 aliphatic carbocycles. The van der Waals surface area contributed by atoms with Crippen LogP contribution in [0.25, 0.3) is 17.1 Å². The monoisotopic (exact) mass is 411 g/mol. The maximum Gasteiger partial charge on any atom is 0.316 e. The van der Waals surface area contributed by atoms with Crippen LogP contribution < -0.4 is 4.74 Å². The van der Waals surface area contributed by atoms with Crippen molar-refractivity contribution >= 4 is 17.7 Å². The molecule has 1 heterocycles. The summed E-state index contributed by atoms with van der Waals surface area (Å²) >= 11 is 1.31. The summed E-state index contributed by atoms with van der Waals surface area (Å²) in [6.45, 7) is 7.60. The SMILES string of the molecule is COc1ccc(-n2c(SCC(=O)OC(C)(C)C)nnc2-c2ccccc2C)cc1. The molecule has 2 aromatic carbocycles. The highest BCUT2D eigenvalue weighted by molar-refractivity contribution is 7.99. The van der Waals surface area contributed by atoms with E-state index in [0.717, 1.165) is 28.4 Å². The van der Waals surface area contributed by atoms with Crippen LogP contribution in [-0.2, 0) is 9.53 Å². The number of rotatable bonds is 6. The van der Waals surface area contributed by atoms with Gasteiger partial charge in [0, 0.05) is 11.3 Å². The lowest BCUT2D eigenvalue weighted by Gasteiger charge is -2.19. The molecule has 7 heteroatoms. The van der Waals surface area contributed by atoms with Gasteiger partial charge in [-0.3, -0.25) is 9.36 Å². The molecule has 29 heavy (non-hydrogen) atoms. The Morgan fingerprint density at radius 1 is 1.07 bits per heavy atom. The van der Waals surface area contributed by atoms with E-state index in [1.54, 1.807) is 7.11 Å². The lowest BCUT2D eigenvalue weighted by atomic mass is 10.1. The molecule has 152 valence electrons. The molecule has 6 nitrogen and oxygen atoms in total. The highest BCUT2D eigenvalue weighted by atomic mass is 32.2. The first-order chi connectivity index (χ1) is 13.8. The molecule has 0 aliphatic heterocycles. The topological polar surface area (TPSA) is 66.2 Å². The Morgan fingerprint density at radius 3 is 2.38 bits per heavy atom. The van der Waals surface area contributed by atoms with Crippen LogP contribution in [0.5, 0.6) is 5.75 Å². The zero-order valence-corrected chi connectivity index (χ0v) is 18.1. The fourth-order valence-corrected chi connectivity index (χ4v) is 3.55. The highest BCUT2D eigenvalue weighted by Crippen LogP contribution is 2.30. The summed E-state index contributed by atoms with van der Waals surface area (Å²) in [7, 11) is 1.63. The fourth-order valence-electron chi connectivity index (χ4n) is 2.82. The molecule has 3 aromatic rings. The first-order valence-corrected chi connectivity index (χ1v) is 10.3. The number of esters is 1. The van der Waals surface area contributed by atoms with Crippen LogP contribution in [0, 0.1) is 6.92 Å². The summed E-state index contributed by atoms with van der Waals surface area (Å²) < 4.78 is 12.6. The van der Waals surface area contributed by atoms with Gasteiger partial charge in [0.05, 0.1) is 12.9 Å². The summed E-state index contributed by atoms with van der Waals surface area (Å²) in [5.74, 6) is 1.35. The van der Waals surface area contributed by atoms with Crippen molar-refractivity contribution in [1.29, 1.82) is 0 Å². The second kappa shape index (κ2) is 8.69. The van der Waals surface area contributed by atoms with E-state index in [2.05, 4.69) is 10.2 Å². The van der Waals surface area contributed by atoms with Crippen molar-refractivity contribution in [2.75, 3.05) is 12.9 Å². The molecule has 0 radical (unpaired) electrons. The average molecular weight is 412 g/mol. The van der Waals surface area contributed by atoms with Crippen LogP contribution in [0.3, 0.4) is 0 Å². The molecule has 0 amide bonds. The van der Waals surface area contributed by atoms with Crippen LogP contribution in [0.15, 0.2) is 53.7 Å². The van der Waals surface area contributed by atoms with E-state index in [0.29, 0.717) is 5.16 Å². The quantitative estimate of drug-likeness (QED) is 0.433. The third kappa shape index (κ3) is 5.17. The van der Waals surface area contributed by atoms with Crippen molar-refractivity contribution in [3.8, 4) is 22.8 Å². The number of benzene rings is 2. The van der Waals surface area contributed by atoms with Crippen molar-refractivity contribution in [2.45, 2.75) is 38.5 Å². The molecule has 0 saturated carbocycles. The van der Waals surface area contributed by atoms with Crippen LogP contribution in [0.2, 0.25) is 0 Å². The Bertz CT molecular complexity index is 991. The molecule has 0 N–H and O–H groups in total. The van der Waals surface area contributed by atoms with E-state index in [4.69, 9.17) is 9.47 Å². The number of aryl methyl sites for hydroxylation is 1. The number of hydrogen-bond donors (Lipinski definition) is 0. The van der Waals surface area contributed by atoms with Gasteiger partial charge in [-0.25, -0.2) is 0 Å². The minimum Gasteiger partial charge on any atom is -0.497 e. The number of hydrogen-bond acceptors (Lipinski definition) is 6.